The fourth-order valence-electron chi connectivity index (χ4n) is 5.97. The van der Waals surface area contributed by atoms with Gasteiger partial charge in [0.05, 0.1) is 33.1 Å². The van der Waals surface area contributed by atoms with Gasteiger partial charge in [-0.2, -0.15) is 5.10 Å². The maximum absolute atomic E-state index is 13.9. The van der Waals surface area contributed by atoms with Gasteiger partial charge in [0.25, 0.3) is 0 Å². The Labute approximate surface area is 273 Å². The van der Waals surface area contributed by atoms with E-state index in [1.54, 1.807) is 32.4 Å². The molecule has 0 spiro atoms. The van der Waals surface area contributed by atoms with E-state index in [2.05, 4.69) is 31.1 Å². The Morgan fingerprint density at radius 1 is 1.02 bits per heavy atom. The SMILES string of the molecule is CC[C@H](C)[C@@H](Nc1ccc2c(cc1=O)[C@H](NC(C)=O)CCc1cc(OC)c(OC)c(OC)c1-2)C(=O)Nc1ccc(-c2ncn[nH]2)cc1. The van der Waals surface area contributed by atoms with Gasteiger partial charge in [0.2, 0.25) is 23.0 Å². The Kier molecular flexibility index (Phi) is 10.1. The van der Waals surface area contributed by atoms with Crippen molar-refractivity contribution >= 4 is 23.2 Å². The van der Waals surface area contributed by atoms with E-state index < -0.39 is 12.1 Å². The molecule has 12 heteroatoms. The number of carbonyl (C=O) groups is 2. The number of carbonyl (C=O) groups excluding carboxylic acids is 2. The summed E-state index contributed by atoms with van der Waals surface area (Å²) >= 11 is 0. The number of aromatic nitrogens is 3. The zero-order chi connectivity index (χ0) is 33.7. The van der Waals surface area contributed by atoms with E-state index in [4.69, 9.17) is 14.2 Å². The summed E-state index contributed by atoms with van der Waals surface area (Å²) in [7, 11) is 4.66. The van der Waals surface area contributed by atoms with E-state index in [1.165, 1.54) is 26.4 Å². The van der Waals surface area contributed by atoms with Gasteiger partial charge in [-0.05, 0) is 77.9 Å². The Bertz CT molecular complexity index is 1810. The zero-order valence-electron chi connectivity index (χ0n) is 27.4. The predicted octanol–water partition coefficient (Wildman–Crippen LogP) is 5.11. The molecule has 47 heavy (non-hydrogen) atoms. The largest absolute Gasteiger partial charge is 0.493 e. The summed E-state index contributed by atoms with van der Waals surface area (Å²) in [5, 5.41) is 15.9. The van der Waals surface area contributed by atoms with E-state index >= 15 is 0 Å². The molecule has 0 fully saturated rings. The van der Waals surface area contributed by atoms with Gasteiger partial charge in [0.1, 0.15) is 12.4 Å². The second-order valence-electron chi connectivity index (χ2n) is 11.5. The van der Waals surface area contributed by atoms with Crippen LogP contribution in [-0.2, 0) is 16.0 Å². The number of amides is 2. The lowest BCUT2D eigenvalue weighted by molar-refractivity contribution is -0.120. The average molecular weight is 641 g/mol. The minimum absolute atomic E-state index is 0.115. The van der Waals surface area contributed by atoms with Crippen LogP contribution < -0.4 is 35.6 Å². The number of methoxy groups -OCH3 is 3. The molecule has 2 amide bonds. The molecule has 3 aromatic carbocycles. The van der Waals surface area contributed by atoms with E-state index in [0.717, 1.165) is 16.7 Å². The van der Waals surface area contributed by atoms with Gasteiger partial charge in [-0.25, -0.2) is 4.98 Å². The molecule has 3 atom stereocenters. The summed E-state index contributed by atoms with van der Waals surface area (Å²) < 4.78 is 17.2. The summed E-state index contributed by atoms with van der Waals surface area (Å²) in [5.74, 6) is 1.42. The van der Waals surface area contributed by atoms with Crippen LogP contribution in [0.4, 0.5) is 11.4 Å². The van der Waals surface area contributed by atoms with Gasteiger partial charge in [0, 0.05) is 23.7 Å². The number of anilines is 2. The minimum Gasteiger partial charge on any atom is -0.493 e. The standard InChI is InChI=1S/C35H40N6O6/c1-7-19(2)31(35(44)39-23-11-8-21(9-12-23)34-36-18-37-41-34)40-27-15-13-24-25(17-28(27)43)26(38-20(3)42)14-10-22-16-29(45-4)32(46-5)33(47-6)30(22)24/h8-9,11-13,15-19,26,31H,7,10,14H2,1-6H3,(H,38,42)(H,39,44)(H,40,43)(H,36,37,41)/t19-,26+,31+/m0/s1. The first-order chi connectivity index (χ1) is 22.7. The van der Waals surface area contributed by atoms with Crippen LogP contribution >= 0.6 is 0 Å². The average Bonchev–Trinajstić information content (AvgIpc) is 3.51. The molecule has 4 aromatic rings. The van der Waals surface area contributed by atoms with Crippen molar-refractivity contribution in [1.29, 1.82) is 0 Å². The number of aryl methyl sites for hydroxylation is 1. The lowest BCUT2D eigenvalue weighted by Gasteiger charge is -2.24. The van der Waals surface area contributed by atoms with E-state index in [9.17, 15) is 14.4 Å². The van der Waals surface area contributed by atoms with E-state index in [-0.39, 0.29) is 28.8 Å². The van der Waals surface area contributed by atoms with Gasteiger partial charge in [0.15, 0.2) is 17.3 Å². The van der Waals surface area contributed by atoms with Crippen LogP contribution in [0.3, 0.4) is 0 Å². The quantitative estimate of drug-likeness (QED) is 0.175. The highest BCUT2D eigenvalue weighted by Gasteiger charge is 2.30. The highest BCUT2D eigenvalue weighted by atomic mass is 16.5. The summed E-state index contributed by atoms with van der Waals surface area (Å²) in [4.78, 5) is 44.0. The van der Waals surface area contributed by atoms with Crippen molar-refractivity contribution in [1.82, 2.24) is 20.5 Å². The highest BCUT2D eigenvalue weighted by molar-refractivity contribution is 5.97. The molecule has 246 valence electrons. The summed E-state index contributed by atoms with van der Waals surface area (Å²) in [6.07, 6.45) is 3.25. The summed E-state index contributed by atoms with van der Waals surface area (Å²) in [6.45, 7) is 5.41. The van der Waals surface area contributed by atoms with Crippen molar-refractivity contribution in [3.63, 3.8) is 0 Å². The number of hydrogen-bond acceptors (Lipinski definition) is 9. The van der Waals surface area contributed by atoms with Gasteiger partial charge in [-0.3, -0.25) is 19.5 Å². The first-order valence-electron chi connectivity index (χ1n) is 15.5. The second-order valence-corrected chi connectivity index (χ2v) is 11.5. The van der Waals surface area contributed by atoms with E-state index in [0.29, 0.717) is 59.1 Å². The van der Waals surface area contributed by atoms with Gasteiger partial charge >= 0.3 is 0 Å². The molecule has 0 bridgehead atoms. The number of nitrogens with one attached hydrogen (secondary N) is 4. The fraction of sp³-hybridized carbons (Fsp3) is 0.343. The van der Waals surface area contributed by atoms with Crippen molar-refractivity contribution in [2.45, 2.75) is 52.1 Å². The van der Waals surface area contributed by atoms with Crippen LogP contribution in [0.5, 0.6) is 17.2 Å². The highest BCUT2D eigenvalue weighted by Crippen LogP contribution is 2.50. The number of aromatic amines is 1. The monoisotopic (exact) mass is 640 g/mol. The number of rotatable bonds is 11. The second kappa shape index (κ2) is 14.4. The van der Waals surface area contributed by atoms with Crippen LogP contribution in [0.1, 0.15) is 50.8 Å². The smallest absolute Gasteiger partial charge is 0.247 e. The number of benzene rings is 2. The molecule has 0 saturated carbocycles. The maximum Gasteiger partial charge on any atom is 0.247 e. The van der Waals surface area contributed by atoms with Crippen molar-refractivity contribution in [3.8, 4) is 39.8 Å². The van der Waals surface area contributed by atoms with Crippen molar-refractivity contribution < 1.29 is 23.8 Å². The lowest BCUT2D eigenvalue weighted by Crippen LogP contribution is -2.40. The summed E-state index contributed by atoms with van der Waals surface area (Å²) in [6, 6.07) is 13.1. The predicted molar refractivity (Wildman–Crippen MR) is 180 cm³/mol. The topological polar surface area (TPSA) is 157 Å². The third kappa shape index (κ3) is 6.91. The number of nitrogens with zero attached hydrogens (tertiary/aromatic N) is 2. The van der Waals surface area contributed by atoms with Gasteiger partial charge < -0.3 is 30.2 Å². The molecule has 0 saturated heterocycles. The third-order valence-electron chi connectivity index (χ3n) is 8.56. The van der Waals surface area contributed by atoms with Crippen molar-refractivity contribution in [3.05, 3.63) is 76.2 Å². The molecule has 0 unspecified atom stereocenters. The number of fused-ring (bicyclic) bond motifs is 3. The van der Waals surface area contributed by atoms with Crippen LogP contribution in [0.25, 0.3) is 22.5 Å². The Morgan fingerprint density at radius 3 is 2.38 bits per heavy atom. The third-order valence-corrected chi connectivity index (χ3v) is 8.56. The molecule has 0 aliphatic heterocycles. The first kappa shape index (κ1) is 33.0. The maximum atomic E-state index is 13.9. The number of hydrogen-bond donors (Lipinski definition) is 4. The van der Waals surface area contributed by atoms with Crippen molar-refractivity contribution in [2.24, 2.45) is 5.92 Å². The number of H-pyrrole nitrogens is 1. The molecular weight excluding hydrogens is 600 g/mol. The van der Waals surface area contributed by atoms with Gasteiger partial charge in [-0.1, -0.05) is 26.3 Å². The van der Waals surface area contributed by atoms with Crippen LogP contribution in [0, 0.1) is 5.92 Å². The lowest BCUT2D eigenvalue weighted by atomic mass is 9.95. The fourth-order valence-corrected chi connectivity index (χ4v) is 5.97. The minimum atomic E-state index is -0.721. The zero-order valence-corrected chi connectivity index (χ0v) is 27.4. The number of ether oxygens (including phenoxy) is 3. The van der Waals surface area contributed by atoms with Crippen LogP contribution in [0.2, 0.25) is 0 Å². The molecule has 1 aliphatic carbocycles. The summed E-state index contributed by atoms with van der Waals surface area (Å²) in [5.41, 5.74) is 4.38. The molecule has 12 nitrogen and oxygen atoms in total. The van der Waals surface area contributed by atoms with Crippen LogP contribution in [-0.4, -0.2) is 54.4 Å². The van der Waals surface area contributed by atoms with Gasteiger partial charge in [-0.15, -0.1) is 0 Å². The molecule has 1 aliphatic rings. The molecule has 1 aromatic heterocycles. The molecular formula is C35H40N6O6. The molecule has 1 heterocycles. The molecule has 5 rings (SSSR count). The molecule has 4 N–H and O–H groups in total. The van der Waals surface area contributed by atoms with Crippen molar-refractivity contribution in [2.75, 3.05) is 32.0 Å². The molecule has 0 radical (unpaired) electrons. The Hall–Kier alpha value is -5.39. The van der Waals surface area contributed by atoms with E-state index in [1.807, 2.05) is 38.1 Å². The van der Waals surface area contributed by atoms with Crippen LogP contribution in [0.15, 0.2) is 59.7 Å². The first-order valence-corrected chi connectivity index (χ1v) is 15.5. The normalized spacial score (nSPS) is 14.8. The Morgan fingerprint density at radius 2 is 1.77 bits per heavy atom. The Balaban J connectivity index is 1.55.